The van der Waals surface area contributed by atoms with Crippen LogP contribution in [0.5, 0.6) is 0 Å². The molecule has 0 bridgehead atoms. The zero-order valence-electron chi connectivity index (χ0n) is 16.3. The molecule has 1 heterocycles. The Balaban J connectivity index is 1.46. The second kappa shape index (κ2) is 8.39. The Morgan fingerprint density at radius 3 is 2.61 bits per heavy atom. The van der Waals surface area contributed by atoms with Gasteiger partial charge in [0.25, 0.3) is 0 Å². The lowest BCUT2D eigenvalue weighted by Gasteiger charge is -2.39. The van der Waals surface area contributed by atoms with Gasteiger partial charge in [-0.15, -0.1) is 0 Å². The molecule has 1 saturated carbocycles. The first-order valence-corrected chi connectivity index (χ1v) is 11.1. The SMILES string of the molecule is CCc1ccc(NC(=O)CSC2=NC3(CCCCC3)Nc3ccccc32)cc1. The van der Waals surface area contributed by atoms with Crippen LogP contribution in [0.4, 0.5) is 11.4 Å². The maximum Gasteiger partial charge on any atom is 0.234 e. The minimum absolute atomic E-state index is 0.00524. The quantitative estimate of drug-likeness (QED) is 0.726. The highest BCUT2D eigenvalue weighted by Gasteiger charge is 2.36. The van der Waals surface area contributed by atoms with Crippen molar-refractivity contribution in [3.05, 3.63) is 59.7 Å². The van der Waals surface area contributed by atoms with Gasteiger partial charge < -0.3 is 10.6 Å². The van der Waals surface area contributed by atoms with E-state index in [-0.39, 0.29) is 11.6 Å². The van der Waals surface area contributed by atoms with Crippen LogP contribution in [0.3, 0.4) is 0 Å². The van der Waals surface area contributed by atoms with Crippen LogP contribution in [-0.4, -0.2) is 22.4 Å². The summed E-state index contributed by atoms with van der Waals surface area (Å²) in [7, 11) is 0. The van der Waals surface area contributed by atoms with E-state index in [4.69, 9.17) is 4.99 Å². The van der Waals surface area contributed by atoms with Crippen LogP contribution in [0, 0.1) is 0 Å². The number of hydrogen-bond donors (Lipinski definition) is 2. The summed E-state index contributed by atoms with van der Waals surface area (Å²) in [4.78, 5) is 17.6. The van der Waals surface area contributed by atoms with Gasteiger partial charge in [-0.25, -0.2) is 4.99 Å². The van der Waals surface area contributed by atoms with Gasteiger partial charge in [0.1, 0.15) is 10.7 Å². The average molecular weight is 394 g/mol. The number of hydrogen-bond acceptors (Lipinski definition) is 4. The van der Waals surface area contributed by atoms with Crippen molar-refractivity contribution in [1.29, 1.82) is 0 Å². The first kappa shape index (κ1) is 19.1. The summed E-state index contributed by atoms with van der Waals surface area (Å²) >= 11 is 1.54. The molecule has 0 aromatic heterocycles. The van der Waals surface area contributed by atoms with Gasteiger partial charge in [0.2, 0.25) is 5.91 Å². The lowest BCUT2D eigenvalue weighted by molar-refractivity contribution is -0.113. The lowest BCUT2D eigenvalue weighted by atomic mass is 9.88. The number of thioether (sulfide) groups is 1. The standard InChI is InChI=1S/C23H27N3OS/c1-2-17-10-12-18(13-11-17)24-21(27)16-28-22-19-8-4-5-9-20(19)25-23(26-22)14-6-3-7-15-23/h4-5,8-13,25H,2-3,6-7,14-16H2,1H3,(H,24,27). The highest BCUT2D eigenvalue weighted by Crippen LogP contribution is 2.39. The Morgan fingerprint density at radius 2 is 1.86 bits per heavy atom. The molecule has 1 spiro atoms. The van der Waals surface area contributed by atoms with E-state index in [0.717, 1.165) is 41.2 Å². The van der Waals surface area contributed by atoms with E-state index >= 15 is 0 Å². The molecule has 2 aliphatic rings. The Labute approximate surface area is 171 Å². The number of aryl methyl sites for hydroxylation is 1. The molecule has 1 aliphatic heterocycles. The van der Waals surface area contributed by atoms with Crippen LogP contribution in [0.25, 0.3) is 0 Å². The molecule has 1 fully saturated rings. The van der Waals surface area contributed by atoms with Gasteiger partial charge in [-0.1, -0.05) is 55.4 Å². The maximum atomic E-state index is 12.5. The molecule has 2 aromatic rings. The van der Waals surface area contributed by atoms with Gasteiger partial charge in [-0.2, -0.15) is 0 Å². The van der Waals surface area contributed by atoms with Gasteiger partial charge in [0.05, 0.1) is 5.75 Å². The van der Waals surface area contributed by atoms with Crippen LogP contribution in [0.1, 0.15) is 50.2 Å². The Hall–Kier alpha value is -2.27. The largest absolute Gasteiger partial charge is 0.361 e. The van der Waals surface area contributed by atoms with Crippen molar-refractivity contribution in [3.63, 3.8) is 0 Å². The number of anilines is 2. The van der Waals surface area contributed by atoms with Crippen molar-refractivity contribution >= 4 is 34.1 Å². The van der Waals surface area contributed by atoms with Gasteiger partial charge >= 0.3 is 0 Å². The Kier molecular flexibility index (Phi) is 5.72. The number of carbonyl (C=O) groups excluding carboxylic acids is 1. The van der Waals surface area contributed by atoms with Gasteiger partial charge in [0, 0.05) is 16.9 Å². The number of para-hydroxylation sites is 1. The molecule has 0 saturated heterocycles. The first-order valence-electron chi connectivity index (χ1n) is 10.2. The fourth-order valence-corrected chi connectivity index (χ4v) is 4.86. The monoisotopic (exact) mass is 393 g/mol. The first-order chi connectivity index (χ1) is 13.7. The molecule has 2 aromatic carbocycles. The zero-order valence-corrected chi connectivity index (χ0v) is 17.1. The molecule has 28 heavy (non-hydrogen) atoms. The number of nitrogens with zero attached hydrogens (tertiary/aromatic N) is 1. The smallest absolute Gasteiger partial charge is 0.234 e. The van der Waals surface area contributed by atoms with Gasteiger partial charge in [-0.05, 0) is 55.9 Å². The number of amides is 1. The molecule has 4 rings (SSSR count). The third-order valence-corrected chi connectivity index (χ3v) is 6.50. The molecule has 0 radical (unpaired) electrons. The minimum atomic E-state index is -0.193. The molecular formula is C23H27N3OS. The predicted molar refractivity (Wildman–Crippen MR) is 119 cm³/mol. The third kappa shape index (κ3) is 4.25. The van der Waals surface area contributed by atoms with Crippen molar-refractivity contribution < 1.29 is 4.79 Å². The lowest BCUT2D eigenvalue weighted by Crippen LogP contribution is -2.42. The molecule has 0 unspecified atom stereocenters. The summed E-state index contributed by atoms with van der Waals surface area (Å²) in [6.45, 7) is 2.13. The molecule has 1 amide bonds. The van der Waals surface area contributed by atoms with Crippen LogP contribution in [0.15, 0.2) is 53.5 Å². The van der Waals surface area contributed by atoms with E-state index in [1.165, 1.54) is 24.8 Å². The fourth-order valence-electron chi connectivity index (χ4n) is 3.95. The van der Waals surface area contributed by atoms with Crippen molar-refractivity contribution in [2.45, 2.75) is 51.1 Å². The van der Waals surface area contributed by atoms with Crippen LogP contribution in [0.2, 0.25) is 0 Å². The highest BCUT2D eigenvalue weighted by atomic mass is 32.2. The number of rotatable bonds is 4. The van der Waals surface area contributed by atoms with Crippen molar-refractivity contribution in [3.8, 4) is 0 Å². The normalized spacial score (nSPS) is 17.4. The van der Waals surface area contributed by atoms with E-state index in [9.17, 15) is 4.79 Å². The predicted octanol–water partition coefficient (Wildman–Crippen LogP) is 5.45. The van der Waals surface area contributed by atoms with Crippen LogP contribution < -0.4 is 10.6 Å². The van der Waals surface area contributed by atoms with E-state index in [1.54, 1.807) is 11.8 Å². The Bertz CT molecular complexity index is 870. The van der Waals surface area contributed by atoms with Crippen LogP contribution in [-0.2, 0) is 11.2 Å². The molecule has 0 atom stereocenters. The summed E-state index contributed by atoms with van der Waals surface area (Å²) in [5, 5.41) is 7.66. The second-order valence-electron chi connectivity index (χ2n) is 7.57. The number of nitrogens with one attached hydrogen (secondary N) is 2. The molecule has 5 heteroatoms. The minimum Gasteiger partial charge on any atom is -0.361 e. The molecule has 1 aliphatic carbocycles. The average Bonchev–Trinajstić information content (AvgIpc) is 2.73. The highest BCUT2D eigenvalue weighted by molar-refractivity contribution is 8.15. The summed E-state index contributed by atoms with van der Waals surface area (Å²) in [5.41, 5.74) is 4.16. The van der Waals surface area contributed by atoms with E-state index in [1.807, 2.05) is 18.2 Å². The Morgan fingerprint density at radius 1 is 1.11 bits per heavy atom. The molecule has 2 N–H and O–H groups in total. The summed E-state index contributed by atoms with van der Waals surface area (Å²) in [5.74, 6) is 0.365. The van der Waals surface area contributed by atoms with Crippen molar-refractivity contribution in [2.24, 2.45) is 4.99 Å². The summed E-state index contributed by atoms with van der Waals surface area (Å²) < 4.78 is 0. The molecular weight excluding hydrogens is 366 g/mol. The third-order valence-electron chi connectivity index (χ3n) is 5.51. The van der Waals surface area contributed by atoms with Crippen molar-refractivity contribution in [1.82, 2.24) is 0 Å². The number of carbonyl (C=O) groups is 1. The van der Waals surface area contributed by atoms with Gasteiger partial charge in [0.15, 0.2) is 0 Å². The van der Waals surface area contributed by atoms with Crippen molar-refractivity contribution in [2.75, 3.05) is 16.4 Å². The van der Waals surface area contributed by atoms with E-state index in [2.05, 4.69) is 47.9 Å². The zero-order chi connectivity index (χ0) is 19.4. The number of fused-ring (bicyclic) bond motifs is 1. The van der Waals surface area contributed by atoms with Crippen LogP contribution >= 0.6 is 11.8 Å². The number of benzene rings is 2. The van der Waals surface area contributed by atoms with E-state index in [0.29, 0.717) is 5.75 Å². The topological polar surface area (TPSA) is 53.5 Å². The summed E-state index contributed by atoms with van der Waals surface area (Å²) in [6.07, 6.45) is 6.79. The van der Waals surface area contributed by atoms with Gasteiger partial charge in [-0.3, -0.25) is 4.79 Å². The number of aliphatic imine (C=N–C) groups is 1. The molecule has 146 valence electrons. The fraction of sp³-hybridized carbons (Fsp3) is 0.391. The molecule has 4 nitrogen and oxygen atoms in total. The second-order valence-corrected chi connectivity index (χ2v) is 8.53. The maximum absolute atomic E-state index is 12.5. The summed E-state index contributed by atoms with van der Waals surface area (Å²) in [6, 6.07) is 16.4. The van der Waals surface area contributed by atoms with E-state index < -0.39 is 0 Å².